The summed E-state index contributed by atoms with van der Waals surface area (Å²) >= 11 is 0. The second kappa shape index (κ2) is 12.8. The van der Waals surface area contributed by atoms with Crippen molar-refractivity contribution in [3.63, 3.8) is 0 Å². The minimum Gasteiger partial charge on any atom is -0.271 e. The lowest BCUT2D eigenvalue weighted by Gasteiger charge is -2.15. The molecule has 1 aromatic rings. The molecule has 0 aliphatic carbocycles. The van der Waals surface area contributed by atoms with Gasteiger partial charge in [-0.15, -0.1) is 0 Å². The number of nitrogens with one attached hydrogen (secondary N) is 1. The van der Waals surface area contributed by atoms with E-state index in [1.165, 1.54) is 69.8 Å². The first kappa shape index (κ1) is 18.2. The number of unbranched alkanes of at least 4 members (excludes halogenated alkanes) is 8. The summed E-state index contributed by atoms with van der Waals surface area (Å²) in [5, 5.41) is 0. The van der Waals surface area contributed by atoms with Crippen molar-refractivity contribution in [2.75, 3.05) is 0 Å². The summed E-state index contributed by atoms with van der Waals surface area (Å²) in [4.78, 5) is 0. The molecule has 2 heteroatoms. The van der Waals surface area contributed by atoms with Crippen molar-refractivity contribution in [1.29, 1.82) is 0 Å². The normalized spacial score (nSPS) is 12.5. The molecule has 0 fully saturated rings. The molecule has 21 heavy (non-hydrogen) atoms. The van der Waals surface area contributed by atoms with E-state index in [0.717, 1.165) is 6.42 Å². The molecule has 1 unspecified atom stereocenters. The third-order valence-electron chi connectivity index (χ3n) is 4.22. The van der Waals surface area contributed by atoms with Crippen LogP contribution in [0.15, 0.2) is 30.3 Å². The molecule has 0 saturated carbocycles. The molecule has 0 aromatic heterocycles. The highest BCUT2D eigenvalue weighted by Gasteiger charge is 2.06. The highest BCUT2D eigenvalue weighted by atomic mass is 15.2. The number of rotatable bonds is 13. The van der Waals surface area contributed by atoms with Crippen LogP contribution in [0.1, 0.15) is 76.7 Å². The van der Waals surface area contributed by atoms with E-state index in [0.29, 0.717) is 6.04 Å². The van der Waals surface area contributed by atoms with Gasteiger partial charge in [0, 0.05) is 6.04 Å². The van der Waals surface area contributed by atoms with Gasteiger partial charge >= 0.3 is 0 Å². The Morgan fingerprint density at radius 2 is 1.43 bits per heavy atom. The van der Waals surface area contributed by atoms with E-state index in [2.05, 4.69) is 42.7 Å². The van der Waals surface area contributed by atoms with Crippen LogP contribution < -0.4 is 11.3 Å². The van der Waals surface area contributed by atoms with Crippen LogP contribution in [0.3, 0.4) is 0 Å². The fraction of sp³-hybridized carbons (Fsp3) is 0.684. The largest absolute Gasteiger partial charge is 0.271 e. The third-order valence-corrected chi connectivity index (χ3v) is 4.22. The molecule has 1 rings (SSSR count). The van der Waals surface area contributed by atoms with Gasteiger partial charge in [0.2, 0.25) is 0 Å². The molecule has 0 heterocycles. The van der Waals surface area contributed by atoms with Crippen LogP contribution in [0.25, 0.3) is 0 Å². The van der Waals surface area contributed by atoms with Crippen molar-refractivity contribution in [2.24, 2.45) is 5.84 Å². The molecule has 3 N–H and O–H groups in total. The zero-order valence-corrected chi connectivity index (χ0v) is 13.8. The Balaban J connectivity index is 2.00. The van der Waals surface area contributed by atoms with Crippen LogP contribution in [0, 0.1) is 0 Å². The maximum Gasteiger partial charge on any atom is 0.0250 e. The van der Waals surface area contributed by atoms with Gasteiger partial charge in [0.15, 0.2) is 0 Å². The molecule has 1 aromatic carbocycles. The van der Waals surface area contributed by atoms with E-state index in [1.54, 1.807) is 0 Å². The van der Waals surface area contributed by atoms with Crippen molar-refractivity contribution in [3.05, 3.63) is 35.9 Å². The molecule has 0 saturated heterocycles. The Morgan fingerprint density at radius 1 is 0.857 bits per heavy atom. The molecular weight excluding hydrogens is 256 g/mol. The van der Waals surface area contributed by atoms with E-state index < -0.39 is 0 Å². The Labute approximate surface area is 131 Å². The maximum absolute atomic E-state index is 5.68. The lowest BCUT2D eigenvalue weighted by atomic mass is 10.00. The zero-order chi connectivity index (χ0) is 15.2. The van der Waals surface area contributed by atoms with Crippen LogP contribution in [0.4, 0.5) is 0 Å². The van der Waals surface area contributed by atoms with Gasteiger partial charge in [0.1, 0.15) is 0 Å². The van der Waals surface area contributed by atoms with Gasteiger partial charge in [0.25, 0.3) is 0 Å². The number of nitrogens with two attached hydrogens (primary N) is 1. The van der Waals surface area contributed by atoms with Gasteiger partial charge in [-0.1, -0.05) is 95.0 Å². The van der Waals surface area contributed by atoms with Gasteiger partial charge in [-0.3, -0.25) is 11.3 Å². The summed E-state index contributed by atoms with van der Waals surface area (Å²) in [6, 6.07) is 11.0. The molecule has 0 aliphatic rings. The van der Waals surface area contributed by atoms with E-state index in [9.17, 15) is 0 Å². The topological polar surface area (TPSA) is 38.0 Å². The van der Waals surface area contributed by atoms with E-state index in [1.807, 2.05) is 0 Å². The van der Waals surface area contributed by atoms with Crippen molar-refractivity contribution < 1.29 is 0 Å². The van der Waals surface area contributed by atoms with Gasteiger partial charge in [-0.2, -0.15) is 0 Å². The van der Waals surface area contributed by atoms with Gasteiger partial charge < -0.3 is 0 Å². The number of hydrogen-bond acceptors (Lipinski definition) is 2. The van der Waals surface area contributed by atoms with Crippen LogP contribution in [-0.2, 0) is 6.42 Å². The predicted molar refractivity (Wildman–Crippen MR) is 93.1 cm³/mol. The monoisotopic (exact) mass is 290 g/mol. The van der Waals surface area contributed by atoms with Gasteiger partial charge in [0.05, 0.1) is 0 Å². The summed E-state index contributed by atoms with van der Waals surface area (Å²) in [5.41, 5.74) is 4.35. The molecule has 0 amide bonds. The predicted octanol–water partition coefficient (Wildman–Crippen LogP) is 4.98. The first-order valence-corrected chi connectivity index (χ1v) is 8.87. The quantitative estimate of drug-likeness (QED) is 0.305. The van der Waals surface area contributed by atoms with Crippen molar-refractivity contribution in [1.82, 2.24) is 5.43 Å². The second-order valence-corrected chi connectivity index (χ2v) is 6.17. The lowest BCUT2D eigenvalue weighted by Crippen LogP contribution is -2.36. The van der Waals surface area contributed by atoms with Crippen LogP contribution in [0.5, 0.6) is 0 Å². The average molecular weight is 290 g/mol. The first-order chi connectivity index (χ1) is 10.4. The maximum atomic E-state index is 5.68. The summed E-state index contributed by atoms with van der Waals surface area (Å²) in [6.07, 6.45) is 14.7. The minimum atomic E-state index is 0.414. The van der Waals surface area contributed by atoms with Crippen molar-refractivity contribution in [2.45, 2.75) is 83.6 Å². The molecule has 1 atom stereocenters. The van der Waals surface area contributed by atoms with Crippen molar-refractivity contribution in [3.8, 4) is 0 Å². The highest BCUT2D eigenvalue weighted by molar-refractivity contribution is 5.15. The molecular formula is C19H34N2. The lowest BCUT2D eigenvalue weighted by molar-refractivity contribution is 0.458. The molecule has 2 nitrogen and oxygen atoms in total. The second-order valence-electron chi connectivity index (χ2n) is 6.17. The Bertz CT molecular complexity index is 324. The summed E-state index contributed by atoms with van der Waals surface area (Å²) in [7, 11) is 0. The Kier molecular flexibility index (Phi) is 11.1. The average Bonchev–Trinajstić information content (AvgIpc) is 2.53. The van der Waals surface area contributed by atoms with Crippen LogP contribution >= 0.6 is 0 Å². The number of hydrazine groups is 1. The van der Waals surface area contributed by atoms with Crippen molar-refractivity contribution >= 4 is 0 Å². The van der Waals surface area contributed by atoms with Crippen LogP contribution in [-0.4, -0.2) is 6.04 Å². The first-order valence-electron chi connectivity index (χ1n) is 8.87. The van der Waals surface area contributed by atoms with Gasteiger partial charge in [-0.25, -0.2) is 0 Å². The summed E-state index contributed by atoms with van der Waals surface area (Å²) in [5.74, 6) is 5.68. The third kappa shape index (κ3) is 9.65. The number of hydrogen-bond donors (Lipinski definition) is 2. The highest BCUT2D eigenvalue weighted by Crippen LogP contribution is 2.13. The smallest absolute Gasteiger partial charge is 0.0250 e. The van der Waals surface area contributed by atoms with E-state index in [-0.39, 0.29) is 0 Å². The fourth-order valence-corrected chi connectivity index (χ4v) is 2.84. The summed E-state index contributed by atoms with van der Waals surface area (Å²) in [6.45, 7) is 2.28. The molecule has 0 aliphatic heterocycles. The molecule has 0 spiro atoms. The Morgan fingerprint density at radius 3 is 2.00 bits per heavy atom. The van der Waals surface area contributed by atoms with Crippen LogP contribution in [0.2, 0.25) is 0 Å². The zero-order valence-electron chi connectivity index (χ0n) is 13.8. The standard InChI is InChI=1S/C19H34N2/c1-2-3-4-5-6-7-8-9-13-16-19(21-20)17-18-14-11-10-12-15-18/h10-12,14-15,19,21H,2-9,13,16-17,20H2,1H3. The number of benzene rings is 1. The SMILES string of the molecule is CCCCCCCCCCCC(Cc1ccccc1)NN. The summed E-state index contributed by atoms with van der Waals surface area (Å²) < 4.78 is 0. The molecule has 120 valence electrons. The fourth-order valence-electron chi connectivity index (χ4n) is 2.84. The van der Waals surface area contributed by atoms with E-state index >= 15 is 0 Å². The minimum absolute atomic E-state index is 0.414. The molecule has 0 bridgehead atoms. The Hall–Kier alpha value is -0.860. The van der Waals surface area contributed by atoms with Gasteiger partial charge in [-0.05, 0) is 18.4 Å². The van der Waals surface area contributed by atoms with E-state index in [4.69, 9.17) is 5.84 Å². The molecule has 0 radical (unpaired) electrons.